The highest BCUT2D eigenvalue weighted by Crippen LogP contribution is 2.48. The molecule has 2 fully saturated rings. The molecule has 28 heavy (non-hydrogen) atoms. The molecule has 2 aliphatic rings. The van der Waals surface area contributed by atoms with Crippen LogP contribution >= 0.6 is 61.1 Å². The second-order valence-electron chi connectivity index (χ2n) is 9.20. The van der Waals surface area contributed by atoms with E-state index in [4.69, 9.17) is 10.5 Å². The van der Waals surface area contributed by atoms with Gasteiger partial charge in [0.1, 0.15) is 6.04 Å². The minimum Gasteiger partial charge on any atom is -0.480 e. The molecule has 0 aromatic rings. The fourth-order valence-corrected chi connectivity index (χ4v) is 9.39. The summed E-state index contributed by atoms with van der Waals surface area (Å²) in [5.41, 5.74) is 5.88. The van der Waals surface area contributed by atoms with Gasteiger partial charge in [0.25, 0.3) is 0 Å². The molecular weight excluding hydrogens is 648 g/mol. The molecular formula is C21H36BrI2NO3. The van der Waals surface area contributed by atoms with Gasteiger partial charge in [-0.15, -0.1) is 0 Å². The Kier molecular flexibility index (Phi) is 9.84. The number of hydrogen-bond acceptors (Lipinski definition) is 3. The molecule has 0 aliphatic heterocycles. The molecule has 10 atom stereocenters. The summed E-state index contributed by atoms with van der Waals surface area (Å²) in [5, 5.41) is 9.25. The average molecular weight is 684 g/mol. The lowest BCUT2D eigenvalue weighted by Crippen LogP contribution is -2.55. The summed E-state index contributed by atoms with van der Waals surface area (Å²) in [4.78, 5) is 11.8. The van der Waals surface area contributed by atoms with E-state index in [-0.39, 0.29) is 12.2 Å². The summed E-state index contributed by atoms with van der Waals surface area (Å²) >= 11 is 9.06. The van der Waals surface area contributed by atoms with Gasteiger partial charge in [0.15, 0.2) is 0 Å². The van der Waals surface area contributed by atoms with Gasteiger partial charge in [0, 0.05) is 12.7 Å². The standard InChI is InChI=1S/C21H36BrI2NO3/c1-6-13-7-9(2)19(12(5)16(13)22)28-20-17(23)10(3)14(11(4)18(20)24)8-15(25)21(26)27/h9-20H,6-8,25H2,1-5H3,(H,26,27). The van der Waals surface area contributed by atoms with Gasteiger partial charge in [0.05, 0.1) is 12.2 Å². The third-order valence-corrected chi connectivity index (χ3v) is 12.6. The van der Waals surface area contributed by atoms with Crippen molar-refractivity contribution in [2.45, 2.75) is 84.8 Å². The predicted molar refractivity (Wildman–Crippen MR) is 136 cm³/mol. The Hall–Kier alpha value is 1.33. The van der Waals surface area contributed by atoms with Crippen molar-refractivity contribution >= 4 is 67.1 Å². The number of rotatable bonds is 6. The van der Waals surface area contributed by atoms with E-state index in [9.17, 15) is 9.90 Å². The Morgan fingerprint density at radius 3 is 2.14 bits per heavy atom. The molecule has 4 nitrogen and oxygen atoms in total. The minimum absolute atomic E-state index is 0.191. The van der Waals surface area contributed by atoms with Gasteiger partial charge < -0.3 is 15.6 Å². The second-order valence-corrected chi connectivity index (χ2v) is 13.1. The average Bonchev–Trinajstić information content (AvgIpc) is 2.65. The first-order chi connectivity index (χ1) is 13.0. The predicted octanol–water partition coefficient (Wildman–Crippen LogP) is 5.52. The Labute approximate surface area is 206 Å². The number of alkyl halides is 3. The van der Waals surface area contributed by atoms with E-state index in [1.165, 1.54) is 12.8 Å². The molecule has 3 N–H and O–H groups in total. The van der Waals surface area contributed by atoms with Crippen molar-refractivity contribution in [2.24, 2.45) is 41.2 Å². The van der Waals surface area contributed by atoms with E-state index in [0.29, 0.717) is 48.7 Å². The highest BCUT2D eigenvalue weighted by atomic mass is 127. The first kappa shape index (κ1) is 25.6. The number of ether oxygens (including phenoxy) is 1. The highest BCUT2D eigenvalue weighted by molar-refractivity contribution is 14.1. The van der Waals surface area contributed by atoms with Gasteiger partial charge in [-0.2, -0.15) is 0 Å². The third-order valence-electron chi connectivity index (χ3n) is 7.37. The van der Waals surface area contributed by atoms with Crippen LogP contribution in [0.2, 0.25) is 0 Å². The topological polar surface area (TPSA) is 72.5 Å². The van der Waals surface area contributed by atoms with E-state index in [1.54, 1.807) is 0 Å². The zero-order valence-electron chi connectivity index (χ0n) is 17.5. The molecule has 0 heterocycles. The molecule has 0 bridgehead atoms. The molecule has 0 aromatic heterocycles. The van der Waals surface area contributed by atoms with Crippen molar-refractivity contribution in [3.8, 4) is 0 Å². The summed E-state index contributed by atoms with van der Waals surface area (Å²) in [5.74, 6) is 1.95. The molecule has 10 unspecified atom stereocenters. The maximum absolute atomic E-state index is 11.3. The largest absolute Gasteiger partial charge is 0.480 e. The summed E-state index contributed by atoms with van der Waals surface area (Å²) in [7, 11) is 0. The van der Waals surface area contributed by atoms with Crippen LogP contribution < -0.4 is 5.73 Å². The molecule has 164 valence electrons. The summed E-state index contributed by atoms with van der Waals surface area (Å²) in [6.45, 7) is 11.5. The lowest BCUT2D eigenvalue weighted by atomic mass is 9.69. The van der Waals surface area contributed by atoms with Crippen LogP contribution in [0, 0.1) is 35.5 Å². The van der Waals surface area contributed by atoms with Crippen molar-refractivity contribution in [1.82, 2.24) is 0 Å². The monoisotopic (exact) mass is 683 g/mol. The first-order valence-electron chi connectivity index (χ1n) is 10.6. The van der Waals surface area contributed by atoms with Crippen LogP contribution in [0.15, 0.2) is 0 Å². The van der Waals surface area contributed by atoms with Crippen molar-refractivity contribution in [2.75, 3.05) is 0 Å². The van der Waals surface area contributed by atoms with Crippen molar-refractivity contribution in [1.29, 1.82) is 0 Å². The van der Waals surface area contributed by atoms with E-state index in [2.05, 4.69) is 95.7 Å². The number of carbonyl (C=O) groups is 1. The van der Waals surface area contributed by atoms with Crippen LogP contribution in [0.4, 0.5) is 0 Å². The fraction of sp³-hybridized carbons (Fsp3) is 0.952. The van der Waals surface area contributed by atoms with Crippen LogP contribution in [0.3, 0.4) is 0 Å². The normalized spacial score (nSPS) is 48.2. The third kappa shape index (κ3) is 5.38. The van der Waals surface area contributed by atoms with Crippen LogP contribution in [0.1, 0.15) is 53.9 Å². The summed E-state index contributed by atoms with van der Waals surface area (Å²) in [6.07, 6.45) is 3.43. The number of nitrogens with two attached hydrogens (primary N) is 1. The maximum atomic E-state index is 11.3. The van der Waals surface area contributed by atoms with Gasteiger partial charge >= 0.3 is 5.97 Å². The van der Waals surface area contributed by atoms with Gasteiger partial charge in [-0.25, -0.2) is 0 Å². The Morgan fingerprint density at radius 1 is 1.14 bits per heavy atom. The van der Waals surface area contributed by atoms with Gasteiger partial charge in [-0.3, -0.25) is 4.79 Å². The zero-order chi connectivity index (χ0) is 21.3. The molecule has 0 spiro atoms. The maximum Gasteiger partial charge on any atom is 0.320 e. The summed E-state index contributed by atoms with van der Waals surface area (Å²) < 4.78 is 7.61. The van der Waals surface area contributed by atoms with E-state index in [1.807, 2.05) is 0 Å². The molecule has 2 aliphatic carbocycles. The fourth-order valence-electron chi connectivity index (χ4n) is 5.40. The van der Waals surface area contributed by atoms with Crippen molar-refractivity contribution in [3.05, 3.63) is 0 Å². The molecule has 2 saturated carbocycles. The number of halogens is 3. The Balaban J connectivity index is 2.13. The van der Waals surface area contributed by atoms with Crippen LogP contribution in [-0.2, 0) is 9.53 Å². The Bertz CT molecular complexity index is 524. The molecule has 7 heteroatoms. The van der Waals surface area contributed by atoms with Gasteiger partial charge in [-0.05, 0) is 48.3 Å². The van der Waals surface area contributed by atoms with Crippen LogP contribution in [-0.4, -0.2) is 42.0 Å². The number of carboxylic acid groups (broad SMARTS) is 1. The molecule has 0 radical (unpaired) electrons. The lowest BCUT2D eigenvalue weighted by Gasteiger charge is -2.50. The Morgan fingerprint density at radius 2 is 1.68 bits per heavy atom. The van der Waals surface area contributed by atoms with Gasteiger partial charge in [0.2, 0.25) is 0 Å². The smallest absolute Gasteiger partial charge is 0.320 e. The minimum atomic E-state index is -0.897. The summed E-state index contributed by atoms with van der Waals surface area (Å²) in [6, 6.07) is -0.780. The second kappa shape index (κ2) is 10.8. The van der Waals surface area contributed by atoms with Crippen molar-refractivity contribution in [3.63, 3.8) is 0 Å². The van der Waals surface area contributed by atoms with Crippen LogP contribution in [0.25, 0.3) is 0 Å². The van der Waals surface area contributed by atoms with E-state index < -0.39 is 12.0 Å². The van der Waals surface area contributed by atoms with E-state index in [0.717, 1.165) is 5.92 Å². The molecule has 0 saturated heterocycles. The highest BCUT2D eigenvalue weighted by Gasteiger charge is 2.49. The molecule has 2 rings (SSSR count). The molecule has 0 aromatic carbocycles. The lowest BCUT2D eigenvalue weighted by molar-refractivity contribution is -0.139. The van der Waals surface area contributed by atoms with E-state index >= 15 is 0 Å². The number of hydrogen-bond donors (Lipinski definition) is 2. The van der Waals surface area contributed by atoms with Crippen molar-refractivity contribution < 1.29 is 14.6 Å². The number of carboxylic acids is 1. The van der Waals surface area contributed by atoms with Crippen LogP contribution in [0.5, 0.6) is 0 Å². The first-order valence-corrected chi connectivity index (χ1v) is 14.0. The zero-order valence-corrected chi connectivity index (χ0v) is 23.4. The quantitative estimate of drug-likeness (QED) is 0.286. The van der Waals surface area contributed by atoms with Gasteiger partial charge in [-0.1, -0.05) is 102 Å². The SMILES string of the molecule is CCC1CC(C)C(OC2C(I)C(C)C(CC(N)C(=O)O)C(C)C2I)C(C)C1Br. The number of aliphatic carboxylic acids is 1. The molecule has 0 amide bonds.